The summed E-state index contributed by atoms with van der Waals surface area (Å²) in [5.74, 6) is -0.596. The van der Waals surface area contributed by atoms with Crippen LogP contribution in [0.5, 0.6) is 0 Å². The second-order valence-corrected chi connectivity index (χ2v) is 9.70. The van der Waals surface area contributed by atoms with Crippen molar-refractivity contribution >= 4 is 50.9 Å². The lowest BCUT2D eigenvalue weighted by Crippen LogP contribution is -2.27. The molecule has 0 spiro atoms. The number of rotatable bonds is 8. The van der Waals surface area contributed by atoms with E-state index in [1.807, 2.05) is 35.0 Å². The van der Waals surface area contributed by atoms with Gasteiger partial charge in [0.2, 0.25) is 11.0 Å². The van der Waals surface area contributed by atoms with Crippen molar-refractivity contribution in [3.05, 3.63) is 70.9 Å². The van der Waals surface area contributed by atoms with Gasteiger partial charge in [0.1, 0.15) is 5.01 Å². The molecule has 2 amide bonds. The number of thioether (sulfide) groups is 1. The molecular weight excluding hydrogens is 499 g/mol. The minimum atomic E-state index is -4.51. The fourth-order valence-corrected chi connectivity index (χ4v) is 4.88. The van der Waals surface area contributed by atoms with Gasteiger partial charge in [0, 0.05) is 40.6 Å². The van der Waals surface area contributed by atoms with Crippen LogP contribution in [-0.2, 0) is 17.5 Å². The summed E-state index contributed by atoms with van der Waals surface area (Å²) >= 11 is 2.67. The van der Waals surface area contributed by atoms with Crippen LogP contribution in [0.3, 0.4) is 0 Å². The standard InChI is InChI=1S/C23H20F3N5O2S2/c1-14-29-30-22(35-14)28-20(32)13-34-19-12-31(18-8-3-2-7-17(18)19)10-9-27-21(33)15-5-4-6-16(11-15)23(24,25)26/h2-8,11-12H,9-10,13H2,1H3,(H,27,33)(H,28,30,32). The van der Waals surface area contributed by atoms with Gasteiger partial charge in [-0.1, -0.05) is 35.6 Å². The number of nitrogens with zero attached hydrogens (tertiary/aromatic N) is 3. The molecule has 0 fully saturated rings. The van der Waals surface area contributed by atoms with Crippen molar-refractivity contribution in [2.24, 2.45) is 0 Å². The third kappa shape index (κ3) is 6.20. The number of halogens is 3. The predicted octanol–water partition coefficient (Wildman–Crippen LogP) is 4.98. The molecule has 0 saturated heterocycles. The van der Waals surface area contributed by atoms with E-state index >= 15 is 0 Å². The summed E-state index contributed by atoms with van der Waals surface area (Å²) in [6.45, 7) is 2.43. The maximum atomic E-state index is 12.9. The predicted molar refractivity (Wildman–Crippen MR) is 130 cm³/mol. The number of carbonyl (C=O) groups excluding carboxylic acids is 2. The first-order valence-corrected chi connectivity index (χ1v) is 12.3. The van der Waals surface area contributed by atoms with Crippen LogP contribution in [0.15, 0.2) is 59.6 Å². The second kappa shape index (κ2) is 10.5. The van der Waals surface area contributed by atoms with Crippen molar-refractivity contribution in [1.82, 2.24) is 20.1 Å². The van der Waals surface area contributed by atoms with Crippen molar-refractivity contribution in [2.45, 2.75) is 24.5 Å². The molecule has 182 valence electrons. The Morgan fingerprint density at radius 1 is 1.11 bits per heavy atom. The largest absolute Gasteiger partial charge is 0.416 e. The third-order valence-corrected chi connectivity index (χ3v) is 6.77. The number of nitrogens with one attached hydrogen (secondary N) is 2. The highest BCUT2D eigenvalue weighted by Gasteiger charge is 2.30. The van der Waals surface area contributed by atoms with Crippen molar-refractivity contribution < 1.29 is 22.8 Å². The van der Waals surface area contributed by atoms with Crippen LogP contribution in [0.1, 0.15) is 20.9 Å². The molecule has 0 aliphatic heterocycles. The van der Waals surface area contributed by atoms with Crippen molar-refractivity contribution in [2.75, 3.05) is 17.6 Å². The molecule has 7 nitrogen and oxygen atoms in total. The Labute approximate surface area is 206 Å². The number of para-hydroxylation sites is 1. The quantitative estimate of drug-likeness (QED) is 0.321. The smallest absolute Gasteiger partial charge is 0.350 e. The van der Waals surface area contributed by atoms with E-state index in [0.717, 1.165) is 32.9 Å². The number of aryl methyl sites for hydroxylation is 1. The van der Waals surface area contributed by atoms with Gasteiger partial charge >= 0.3 is 6.18 Å². The van der Waals surface area contributed by atoms with E-state index in [1.54, 1.807) is 6.92 Å². The topological polar surface area (TPSA) is 88.9 Å². The molecule has 2 N–H and O–H groups in total. The minimum absolute atomic E-state index is 0.0509. The number of hydrogen-bond acceptors (Lipinski definition) is 6. The van der Waals surface area contributed by atoms with Gasteiger partial charge in [0.25, 0.3) is 5.91 Å². The average Bonchev–Trinajstić information content (AvgIpc) is 3.40. The maximum absolute atomic E-state index is 12.9. The number of aromatic nitrogens is 3. The van der Waals surface area contributed by atoms with Crippen LogP contribution in [-0.4, -0.2) is 38.9 Å². The van der Waals surface area contributed by atoms with Gasteiger partial charge in [-0.15, -0.1) is 22.0 Å². The lowest BCUT2D eigenvalue weighted by atomic mass is 10.1. The summed E-state index contributed by atoms with van der Waals surface area (Å²) in [4.78, 5) is 25.6. The van der Waals surface area contributed by atoms with E-state index in [-0.39, 0.29) is 23.8 Å². The molecule has 0 radical (unpaired) electrons. The summed E-state index contributed by atoms with van der Waals surface area (Å²) in [6, 6.07) is 12.0. The number of fused-ring (bicyclic) bond motifs is 1. The van der Waals surface area contributed by atoms with Gasteiger partial charge in [-0.05, 0) is 31.2 Å². The summed E-state index contributed by atoms with van der Waals surface area (Å²) in [7, 11) is 0. The maximum Gasteiger partial charge on any atom is 0.416 e. The number of hydrogen-bond donors (Lipinski definition) is 2. The lowest BCUT2D eigenvalue weighted by Gasteiger charge is -2.10. The first-order chi connectivity index (χ1) is 16.7. The van der Waals surface area contributed by atoms with E-state index < -0.39 is 17.6 Å². The number of carbonyl (C=O) groups is 2. The molecule has 12 heteroatoms. The summed E-state index contributed by atoms with van der Waals surface area (Å²) < 4.78 is 40.7. The van der Waals surface area contributed by atoms with E-state index in [1.165, 1.54) is 35.2 Å². The van der Waals surface area contributed by atoms with Crippen LogP contribution in [0.4, 0.5) is 18.3 Å². The van der Waals surface area contributed by atoms with Crippen molar-refractivity contribution in [3.63, 3.8) is 0 Å². The SMILES string of the molecule is Cc1nnc(NC(=O)CSc2cn(CCNC(=O)c3cccc(C(F)(F)F)c3)c3ccccc23)s1. The fraction of sp³-hybridized carbons (Fsp3) is 0.217. The van der Waals surface area contributed by atoms with Gasteiger partial charge in [-0.3, -0.25) is 14.9 Å². The Bertz CT molecular complexity index is 1370. The monoisotopic (exact) mass is 519 g/mol. The van der Waals surface area contributed by atoms with E-state index in [4.69, 9.17) is 0 Å². The third-order valence-electron chi connectivity index (χ3n) is 4.97. The summed E-state index contributed by atoms with van der Waals surface area (Å²) in [6.07, 6.45) is -2.62. The average molecular weight is 520 g/mol. The Kier molecular flexibility index (Phi) is 7.41. The molecule has 4 aromatic rings. The summed E-state index contributed by atoms with van der Waals surface area (Å²) in [5.41, 5.74) is 0.00191. The Balaban J connectivity index is 1.38. The van der Waals surface area contributed by atoms with E-state index in [2.05, 4.69) is 20.8 Å². The van der Waals surface area contributed by atoms with Crippen LogP contribution < -0.4 is 10.6 Å². The Morgan fingerprint density at radius 3 is 2.66 bits per heavy atom. The van der Waals surface area contributed by atoms with Gasteiger partial charge in [0.15, 0.2) is 0 Å². The molecule has 2 heterocycles. The number of anilines is 1. The highest BCUT2D eigenvalue weighted by molar-refractivity contribution is 8.00. The molecule has 0 aliphatic carbocycles. The number of alkyl halides is 3. The molecular formula is C23H20F3N5O2S2. The molecule has 2 aromatic carbocycles. The normalized spacial score (nSPS) is 11.5. The van der Waals surface area contributed by atoms with Gasteiger partial charge in [-0.25, -0.2) is 0 Å². The zero-order valence-corrected chi connectivity index (χ0v) is 20.1. The van der Waals surface area contributed by atoms with Crippen LogP contribution >= 0.6 is 23.1 Å². The molecule has 4 rings (SSSR count). The fourth-order valence-electron chi connectivity index (χ4n) is 3.39. The first kappa shape index (κ1) is 24.7. The molecule has 0 atom stereocenters. The number of benzene rings is 2. The van der Waals surface area contributed by atoms with E-state index in [0.29, 0.717) is 11.7 Å². The number of amides is 2. The highest BCUT2D eigenvalue weighted by Crippen LogP contribution is 2.31. The van der Waals surface area contributed by atoms with Crippen LogP contribution in [0.25, 0.3) is 10.9 Å². The molecule has 0 aliphatic rings. The lowest BCUT2D eigenvalue weighted by molar-refractivity contribution is -0.137. The van der Waals surface area contributed by atoms with Crippen LogP contribution in [0.2, 0.25) is 0 Å². The Hall–Kier alpha value is -3.38. The first-order valence-electron chi connectivity index (χ1n) is 10.5. The van der Waals surface area contributed by atoms with Crippen molar-refractivity contribution in [1.29, 1.82) is 0 Å². The summed E-state index contributed by atoms with van der Waals surface area (Å²) in [5, 5.41) is 15.3. The molecule has 0 unspecified atom stereocenters. The van der Waals surface area contributed by atoms with Gasteiger partial charge < -0.3 is 9.88 Å². The zero-order chi connectivity index (χ0) is 25.0. The van der Waals surface area contributed by atoms with Gasteiger partial charge in [-0.2, -0.15) is 13.2 Å². The van der Waals surface area contributed by atoms with Crippen molar-refractivity contribution in [3.8, 4) is 0 Å². The molecule has 35 heavy (non-hydrogen) atoms. The van der Waals surface area contributed by atoms with E-state index in [9.17, 15) is 22.8 Å². The minimum Gasteiger partial charge on any atom is -0.350 e. The second-order valence-electron chi connectivity index (χ2n) is 7.50. The zero-order valence-electron chi connectivity index (χ0n) is 18.4. The van der Waals surface area contributed by atoms with Crippen LogP contribution in [0, 0.1) is 6.92 Å². The Morgan fingerprint density at radius 2 is 1.91 bits per heavy atom. The molecule has 0 saturated carbocycles. The molecule has 2 aromatic heterocycles. The molecule has 0 bridgehead atoms. The highest BCUT2D eigenvalue weighted by atomic mass is 32.2. The van der Waals surface area contributed by atoms with Gasteiger partial charge in [0.05, 0.1) is 11.3 Å².